The lowest BCUT2D eigenvalue weighted by atomic mass is 10.0. The number of carbonyl (C=O) groups excluding carboxylic acids is 1. The van der Waals surface area contributed by atoms with E-state index >= 15 is 0 Å². The molecule has 4 nitrogen and oxygen atoms in total. The molecule has 0 N–H and O–H groups in total. The fourth-order valence-corrected chi connectivity index (χ4v) is 2.11. The molecule has 0 aliphatic carbocycles. The fourth-order valence-electron chi connectivity index (χ4n) is 2.11. The van der Waals surface area contributed by atoms with Crippen LogP contribution in [0.1, 0.15) is 39.2 Å². The zero-order valence-electron chi connectivity index (χ0n) is 12.3. The minimum absolute atomic E-state index is 0.0824. The molecule has 0 spiro atoms. The molecule has 0 saturated heterocycles. The Hall–Kier alpha value is -1.79. The second-order valence-electron chi connectivity index (χ2n) is 5.86. The summed E-state index contributed by atoms with van der Waals surface area (Å²) in [5.41, 5.74) is -0.513. The topological polar surface area (TPSA) is 42.4 Å². The Morgan fingerprint density at radius 1 is 1.38 bits per heavy atom. The molecule has 1 aromatic rings. The van der Waals surface area contributed by atoms with E-state index in [-0.39, 0.29) is 17.5 Å². The van der Waals surface area contributed by atoms with Crippen LogP contribution in [0.4, 0.5) is 19.0 Å². The second-order valence-corrected chi connectivity index (χ2v) is 5.86. The number of ether oxygens (including phenoxy) is 1. The predicted octanol–water partition coefficient (Wildman–Crippen LogP) is 3.27. The summed E-state index contributed by atoms with van der Waals surface area (Å²) in [7, 11) is 0. The Bertz CT molecular complexity index is 568. The molecule has 2 rings (SSSR count). The number of hydrogen-bond acceptors (Lipinski definition) is 3. The Kier molecular flexibility index (Phi) is 3.63. The molecule has 1 amide bonds. The van der Waals surface area contributed by atoms with Crippen molar-refractivity contribution in [3.63, 3.8) is 0 Å². The van der Waals surface area contributed by atoms with E-state index < -0.39 is 24.2 Å². The van der Waals surface area contributed by atoms with Gasteiger partial charge in [0.1, 0.15) is 6.54 Å². The number of anilines is 1. The zero-order valence-corrected chi connectivity index (χ0v) is 12.3. The number of halogens is 3. The minimum atomic E-state index is -4.50. The lowest BCUT2D eigenvalue weighted by molar-refractivity contribution is -0.142. The molecule has 0 bridgehead atoms. The van der Waals surface area contributed by atoms with Crippen LogP contribution in [0.3, 0.4) is 0 Å². The third-order valence-corrected chi connectivity index (χ3v) is 3.24. The van der Waals surface area contributed by atoms with Crippen LogP contribution >= 0.6 is 0 Å². The summed E-state index contributed by atoms with van der Waals surface area (Å²) in [5, 5.41) is 0. The van der Waals surface area contributed by atoms with E-state index in [0.29, 0.717) is 4.90 Å². The first kappa shape index (κ1) is 15.6. The summed E-state index contributed by atoms with van der Waals surface area (Å²) >= 11 is 0. The van der Waals surface area contributed by atoms with Gasteiger partial charge in [-0.3, -0.25) is 9.69 Å². The number of hydrogen-bond donors (Lipinski definition) is 0. The molecule has 1 aromatic heterocycles. The van der Waals surface area contributed by atoms with Gasteiger partial charge >= 0.3 is 6.18 Å². The Labute approximate surface area is 120 Å². The smallest absolute Gasteiger partial charge is 0.406 e. The van der Waals surface area contributed by atoms with Gasteiger partial charge in [0.25, 0.3) is 5.91 Å². The van der Waals surface area contributed by atoms with Crippen LogP contribution in [0.25, 0.3) is 0 Å². The first-order valence-corrected chi connectivity index (χ1v) is 6.59. The third-order valence-electron chi connectivity index (χ3n) is 3.24. The van der Waals surface area contributed by atoms with E-state index in [1.54, 1.807) is 6.07 Å². The van der Waals surface area contributed by atoms with Gasteiger partial charge in [0, 0.05) is 6.20 Å². The number of carbonyl (C=O) groups is 1. The van der Waals surface area contributed by atoms with Gasteiger partial charge in [-0.25, -0.2) is 4.98 Å². The van der Waals surface area contributed by atoms with Crippen molar-refractivity contribution < 1.29 is 22.7 Å². The van der Waals surface area contributed by atoms with Crippen LogP contribution in [0, 0.1) is 0 Å². The molecule has 21 heavy (non-hydrogen) atoms. The normalized spacial score (nSPS) is 17.7. The number of nitrogens with zero attached hydrogens (tertiary/aromatic N) is 2. The van der Waals surface area contributed by atoms with Crippen molar-refractivity contribution in [3.05, 3.63) is 17.8 Å². The molecule has 0 aromatic carbocycles. The summed E-state index contributed by atoms with van der Waals surface area (Å²) < 4.78 is 43.7. The van der Waals surface area contributed by atoms with Crippen molar-refractivity contribution in [2.24, 2.45) is 0 Å². The van der Waals surface area contributed by atoms with E-state index in [2.05, 4.69) is 4.98 Å². The molecular weight excluding hydrogens is 285 g/mol. The van der Waals surface area contributed by atoms with E-state index in [1.807, 2.05) is 13.8 Å². The summed E-state index contributed by atoms with van der Waals surface area (Å²) in [5.74, 6) is -0.476. The van der Waals surface area contributed by atoms with Crippen molar-refractivity contribution in [3.8, 4) is 5.75 Å². The summed E-state index contributed by atoms with van der Waals surface area (Å²) in [6.07, 6.45) is -3.03. The Morgan fingerprint density at radius 2 is 2.00 bits per heavy atom. The van der Waals surface area contributed by atoms with Crippen molar-refractivity contribution in [1.29, 1.82) is 0 Å². The zero-order chi connectivity index (χ0) is 16.0. The summed E-state index contributed by atoms with van der Waals surface area (Å²) in [4.78, 5) is 16.8. The van der Waals surface area contributed by atoms with Gasteiger partial charge in [-0.15, -0.1) is 0 Å². The third kappa shape index (κ3) is 3.11. The lowest BCUT2D eigenvalue weighted by Gasteiger charge is -2.38. The summed E-state index contributed by atoms with van der Waals surface area (Å²) in [6.45, 7) is 5.40. The predicted molar refractivity (Wildman–Crippen MR) is 71.4 cm³/mol. The number of rotatable bonds is 2. The molecule has 1 aliphatic rings. The monoisotopic (exact) mass is 302 g/mol. The lowest BCUT2D eigenvalue weighted by Crippen LogP contribution is -2.55. The molecule has 0 atom stereocenters. The molecule has 0 unspecified atom stereocenters. The number of amides is 1. The van der Waals surface area contributed by atoms with Crippen LogP contribution in [-0.4, -0.2) is 29.2 Å². The van der Waals surface area contributed by atoms with Gasteiger partial charge in [0.2, 0.25) is 0 Å². The highest BCUT2D eigenvalue weighted by molar-refractivity contribution is 6.01. The highest BCUT2D eigenvalue weighted by atomic mass is 19.4. The van der Waals surface area contributed by atoms with Crippen LogP contribution < -0.4 is 9.64 Å². The maximum atomic E-state index is 12.7. The highest BCUT2D eigenvalue weighted by Crippen LogP contribution is 2.39. The van der Waals surface area contributed by atoms with E-state index in [9.17, 15) is 18.0 Å². The Morgan fingerprint density at radius 3 is 2.52 bits per heavy atom. The fraction of sp³-hybridized carbons (Fsp3) is 0.571. The number of fused-ring (bicyclic) bond motifs is 1. The SMILES string of the molecule is CC(C)c1cnc2c(c1)OC(C)(C)C(=O)N2CC(F)(F)F. The van der Waals surface area contributed by atoms with E-state index in [0.717, 1.165) is 5.56 Å². The van der Waals surface area contributed by atoms with Gasteiger partial charge in [-0.2, -0.15) is 13.2 Å². The molecule has 2 heterocycles. The van der Waals surface area contributed by atoms with Crippen LogP contribution in [-0.2, 0) is 4.79 Å². The summed E-state index contributed by atoms with van der Waals surface area (Å²) in [6, 6.07) is 1.64. The quantitative estimate of drug-likeness (QED) is 0.842. The van der Waals surface area contributed by atoms with Crippen molar-refractivity contribution in [2.45, 2.75) is 45.4 Å². The number of pyridine rings is 1. The largest absolute Gasteiger partial charge is 0.474 e. The van der Waals surface area contributed by atoms with Crippen LogP contribution in [0.2, 0.25) is 0 Å². The average Bonchev–Trinajstić information content (AvgIpc) is 2.32. The highest BCUT2D eigenvalue weighted by Gasteiger charge is 2.46. The molecular formula is C14H17F3N2O2. The van der Waals surface area contributed by atoms with Crippen LogP contribution in [0.15, 0.2) is 12.3 Å². The standard InChI is InChI=1S/C14H17F3N2O2/c1-8(2)9-5-10-11(18-6-9)19(7-14(15,16)17)12(20)13(3,4)21-10/h5-6,8H,7H2,1-4H3. The molecule has 116 valence electrons. The molecule has 0 saturated carbocycles. The molecule has 0 fully saturated rings. The average molecular weight is 302 g/mol. The Balaban J connectivity index is 2.50. The molecule has 7 heteroatoms. The first-order chi connectivity index (χ1) is 9.51. The minimum Gasteiger partial charge on any atom is -0.474 e. The number of aromatic nitrogens is 1. The molecule has 0 radical (unpaired) electrons. The van der Waals surface area contributed by atoms with Gasteiger partial charge in [-0.1, -0.05) is 13.8 Å². The van der Waals surface area contributed by atoms with Crippen LogP contribution in [0.5, 0.6) is 5.75 Å². The van der Waals surface area contributed by atoms with Gasteiger partial charge in [0.15, 0.2) is 17.2 Å². The van der Waals surface area contributed by atoms with Gasteiger partial charge in [0.05, 0.1) is 0 Å². The first-order valence-electron chi connectivity index (χ1n) is 6.59. The van der Waals surface area contributed by atoms with E-state index in [1.165, 1.54) is 20.0 Å². The van der Waals surface area contributed by atoms with Gasteiger partial charge in [-0.05, 0) is 31.4 Å². The second kappa shape index (κ2) is 4.89. The van der Waals surface area contributed by atoms with Crippen molar-refractivity contribution >= 4 is 11.7 Å². The van der Waals surface area contributed by atoms with Gasteiger partial charge < -0.3 is 4.74 Å². The van der Waals surface area contributed by atoms with E-state index in [4.69, 9.17) is 4.74 Å². The molecule has 1 aliphatic heterocycles. The van der Waals surface area contributed by atoms with Crippen molar-refractivity contribution in [2.75, 3.05) is 11.4 Å². The van der Waals surface area contributed by atoms with Crippen molar-refractivity contribution in [1.82, 2.24) is 4.98 Å². The maximum Gasteiger partial charge on any atom is 0.406 e. The maximum absolute atomic E-state index is 12.7. The number of alkyl halides is 3.